The second-order valence-electron chi connectivity index (χ2n) is 7.49. The molecule has 28 heavy (non-hydrogen) atoms. The zero-order valence-corrected chi connectivity index (χ0v) is 16.5. The number of aryl methyl sites for hydroxylation is 2. The molecule has 4 rings (SSSR count). The van der Waals surface area contributed by atoms with Crippen molar-refractivity contribution in [2.75, 3.05) is 20.2 Å². The van der Waals surface area contributed by atoms with Gasteiger partial charge in [-0.3, -0.25) is 10.00 Å². The lowest BCUT2D eigenvalue weighted by Gasteiger charge is -2.13. The average Bonchev–Trinajstić information content (AvgIpc) is 3.36. The first-order chi connectivity index (χ1) is 13.5. The molecule has 7 heteroatoms. The summed E-state index contributed by atoms with van der Waals surface area (Å²) in [4.78, 5) is 6.93. The summed E-state index contributed by atoms with van der Waals surface area (Å²) >= 11 is 0. The minimum absolute atomic E-state index is 0.170. The number of hydrogen-bond donors (Lipinski definition) is 2. The second kappa shape index (κ2) is 7.77. The van der Waals surface area contributed by atoms with E-state index < -0.39 is 0 Å². The fraction of sp³-hybridized carbons (Fsp3) is 0.429. The molecule has 148 valence electrons. The Morgan fingerprint density at radius 1 is 1.29 bits per heavy atom. The summed E-state index contributed by atoms with van der Waals surface area (Å²) in [7, 11) is 1.64. The summed E-state index contributed by atoms with van der Waals surface area (Å²) in [5.41, 5.74) is 3.78. The molecule has 0 radical (unpaired) electrons. The molecule has 1 aromatic carbocycles. The molecule has 3 aromatic rings. The number of aliphatic hydroxyl groups excluding tert-OH is 1. The van der Waals surface area contributed by atoms with Gasteiger partial charge in [0.1, 0.15) is 11.5 Å². The van der Waals surface area contributed by atoms with Gasteiger partial charge < -0.3 is 14.3 Å². The Hall–Kier alpha value is -2.64. The van der Waals surface area contributed by atoms with Crippen LogP contribution in [0.15, 0.2) is 34.7 Å². The zero-order valence-electron chi connectivity index (χ0n) is 16.5. The van der Waals surface area contributed by atoms with E-state index in [1.165, 1.54) is 0 Å². The molecule has 3 heterocycles. The summed E-state index contributed by atoms with van der Waals surface area (Å²) in [6.45, 7) is 6.00. The van der Waals surface area contributed by atoms with Gasteiger partial charge >= 0.3 is 0 Å². The molecule has 7 nitrogen and oxygen atoms in total. The molecule has 1 saturated heterocycles. The summed E-state index contributed by atoms with van der Waals surface area (Å²) in [5, 5.41) is 17.7. The molecule has 1 aliphatic heterocycles. The van der Waals surface area contributed by atoms with Crippen LogP contribution in [-0.2, 0) is 13.0 Å². The van der Waals surface area contributed by atoms with Gasteiger partial charge in [-0.1, -0.05) is 12.1 Å². The van der Waals surface area contributed by atoms with Crippen molar-refractivity contribution in [1.29, 1.82) is 0 Å². The van der Waals surface area contributed by atoms with Gasteiger partial charge in [-0.15, -0.1) is 0 Å². The van der Waals surface area contributed by atoms with Crippen LogP contribution >= 0.6 is 0 Å². The van der Waals surface area contributed by atoms with E-state index in [2.05, 4.69) is 15.1 Å². The van der Waals surface area contributed by atoms with Crippen LogP contribution in [0.5, 0.6) is 5.75 Å². The number of oxazole rings is 1. The van der Waals surface area contributed by atoms with Gasteiger partial charge in [0.25, 0.3) is 0 Å². The lowest BCUT2D eigenvalue weighted by molar-refractivity contribution is 0.140. The Morgan fingerprint density at radius 3 is 2.86 bits per heavy atom. The first kappa shape index (κ1) is 18.7. The molecular formula is C21H26N4O3. The van der Waals surface area contributed by atoms with Crippen molar-refractivity contribution in [3.63, 3.8) is 0 Å². The van der Waals surface area contributed by atoms with Crippen molar-refractivity contribution >= 4 is 0 Å². The minimum atomic E-state index is -0.363. The van der Waals surface area contributed by atoms with Crippen LogP contribution in [0, 0.1) is 19.8 Å². The average molecular weight is 382 g/mol. The minimum Gasteiger partial charge on any atom is -0.496 e. The van der Waals surface area contributed by atoms with Crippen molar-refractivity contribution in [3.8, 4) is 17.2 Å². The van der Waals surface area contributed by atoms with Crippen LogP contribution < -0.4 is 4.74 Å². The van der Waals surface area contributed by atoms with E-state index in [9.17, 15) is 5.11 Å². The SMILES string of the molecule is COc1ccccc1-c1nc(CN2C[C@@H](Cc3cc(C)[nH]n3)[C@H](O)C2)c(C)o1. The standard InChI is InChI=1S/C21H26N4O3/c1-13-8-16(24-23-13)9-15-10-25(12-19(15)26)11-18-14(2)28-21(22-18)17-6-4-5-7-20(17)27-3/h4-8,15,19,26H,9-12H2,1-3H3,(H,23,24)/t15-,19-/m1/s1. The second-order valence-corrected chi connectivity index (χ2v) is 7.49. The highest BCUT2D eigenvalue weighted by Gasteiger charge is 2.32. The van der Waals surface area contributed by atoms with E-state index in [1.54, 1.807) is 7.11 Å². The molecule has 2 atom stereocenters. The number of nitrogens with zero attached hydrogens (tertiary/aromatic N) is 3. The van der Waals surface area contributed by atoms with Crippen LogP contribution in [0.25, 0.3) is 11.5 Å². The van der Waals surface area contributed by atoms with Gasteiger partial charge in [-0.25, -0.2) is 4.98 Å². The smallest absolute Gasteiger partial charge is 0.230 e. The predicted molar refractivity (Wildman–Crippen MR) is 105 cm³/mol. The molecule has 1 fully saturated rings. The molecule has 0 bridgehead atoms. The Balaban J connectivity index is 1.45. The van der Waals surface area contributed by atoms with Crippen molar-refractivity contribution in [2.24, 2.45) is 5.92 Å². The lowest BCUT2D eigenvalue weighted by atomic mass is 10.0. The molecule has 0 amide bonds. The molecule has 0 unspecified atom stereocenters. The van der Waals surface area contributed by atoms with Crippen LogP contribution in [0.4, 0.5) is 0 Å². The highest BCUT2D eigenvalue weighted by atomic mass is 16.5. The van der Waals surface area contributed by atoms with Crippen LogP contribution in [0.1, 0.15) is 22.8 Å². The number of methoxy groups -OCH3 is 1. The monoisotopic (exact) mass is 382 g/mol. The molecular weight excluding hydrogens is 356 g/mol. The normalized spacial score (nSPS) is 20.0. The molecule has 0 spiro atoms. The van der Waals surface area contributed by atoms with E-state index in [1.807, 2.05) is 44.2 Å². The number of nitrogens with one attached hydrogen (secondary N) is 1. The fourth-order valence-corrected chi connectivity index (χ4v) is 3.84. The van der Waals surface area contributed by atoms with Crippen LogP contribution in [0.3, 0.4) is 0 Å². The van der Waals surface area contributed by atoms with Gasteiger partial charge in [0, 0.05) is 31.2 Å². The number of H-pyrrole nitrogens is 1. The summed E-state index contributed by atoms with van der Waals surface area (Å²) in [5.74, 6) is 2.26. The number of ether oxygens (including phenoxy) is 1. The van der Waals surface area contributed by atoms with Gasteiger partial charge in [0.15, 0.2) is 0 Å². The zero-order chi connectivity index (χ0) is 19.7. The van der Waals surface area contributed by atoms with Gasteiger partial charge in [0.2, 0.25) is 5.89 Å². The van der Waals surface area contributed by atoms with E-state index in [4.69, 9.17) is 14.1 Å². The predicted octanol–water partition coefficient (Wildman–Crippen LogP) is 2.73. The van der Waals surface area contributed by atoms with E-state index >= 15 is 0 Å². The number of benzene rings is 1. The Bertz CT molecular complexity index is 949. The Kier molecular flexibility index (Phi) is 5.19. The van der Waals surface area contributed by atoms with Crippen LogP contribution in [0.2, 0.25) is 0 Å². The number of aromatic nitrogens is 3. The third-order valence-electron chi connectivity index (χ3n) is 5.32. The number of para-hydroxylation sites is 1. The van der Waals surface area contributed by atoms with Gasteiger partial charge in [-0.2, -0.15) is 5.10 Å². The first-order valence-corrected chi connectivity index (χ1v) is 9.54. The maximum atomic E-state index is 10.5. The largest absolute Gasteiger partial charge is 0.496 e. The topological polar surface area (TPSA) is 87.4 Å². The van der Waals surface area contributed by atoms with E-state index in [0.717, 1.165) is 47.1 Å². The Labute approximate surface area is 164 Å². The van der Waals surface area contributed by atoms with Gasteiger partial charge in [0.05, 0.1) is 30.2 Å². The first-order valence-electron chi connectivity index (χ1n) is 9.54. The lowest BCUT2D eigenvalue weighted by Crippen LogP contribution is -2.22. The third-order valence-corrected chi connectivity index (χ3v) is 5.32. The van der Waals surface area contributed by atoms with Crippen molar-refractivity contribution in [3.05, 3.63) is 53.2 Å². The number of hydrogen-bond acceptors (Lipinski definition) is 6. The summed E-state index contributed by atoms with van der Waals surface area (Å²) in [6, 6.07) is 9.74. The number of aliphatic hydroxyl groups is 1. The third kappa shape index (κ3) is 3.81. The molecule has 1 aliphatic rings. The maximum Gasteiger partial charge on any atom is 0.230 e. The van der Waals surface area contributed by atoms with Crippen LogP contribution in [-0.4, -0.2) is 51.5 Å². The molecule has 0 aliphatic carbocycles. The highest BCUT2D eigenvalue weighted by Crippen LogP contribution is 2.31. The van der Waals surface area contributed by atoms with E-state index in [0.29, 0.717) is 19.0 Å². The molecule has 0 saturated carbocycles. The van der Waals surface area contributed by atoms with Crippen molar-refractivity contribution < 1.29 is 14.3 Å². The van der Waals surface area contributed by atoms with Gasteiger partial charge in [-0.05, 0) is 38.5 Å². The van der Waals surface area contributed by atoms with E-state index in [-0.39, 0.29) is 12.0 Å². The summed E-state index contributed by atoms with van der Waals surface area (Å²) < 4.78 is 11.3. The summed E-state index contributed by atoms with van der Waals surface area (Å²) in [6.07, 6.45) is 0.407. The molecule has 2 N–H and O–H groups in total. The Morgan fingerprint density at radius 2 is 2.11 bits per heavy atom. The highest BCUT2D eigenvalue weighted by molar-refractivity contribution is 5.62. The molecule has 2 aromatic heterocycles. The number of aromatic amines is 1. The van der Waals surface area contributed by atoms with Crippen molar-refractivity contribution in [1.82, 2.24) is 20.1 Å². The quantitative estimate of drug-likeness (QED) is 0.682. The van der Waals surface area contributed by atoms with Crippen molar-refractivity contribution in [2.45, 2.75) is 32.9 Å². The number of likely N-dealkylation sites (tertiary alicyclic amines) is 1. The number of rotatable bonds is 6. The fourth-order valence-electron chi connectivity index (χ4n) is 3.84. The number of β-amino-alcohol motifs (C(OH)–C–C–N with tert-alkyl or cyclic N) is 1. The maximum absolute atomic E-state index is 10.5.